The highest BCUT2D eigenvalue weighted by Gasteiger charge is 2.15. The Balaban J connectivity index is 2.64. The molecule has 72 valence electrons. The van der Waals surface area contributed by atoms with Crippen LogP contribution in [0.25, 0.3) is 0 Å². The number of hydrogen-bond acceptors (Lipinski definition) is 3. The standard InChI is InChI=1S/C8H10ClO2PS/c1-2-10-12(9,13)11-8-6-4-3-5-7-8/h3-7H,2H2,1H3/t12-/m0/s1. The van der Waals surface area contributed by atoms with Crippen molar-refractivity contribution in [1.29, 1.82) is 0 Å². The van der Waals surface area contributed by atoms with Gasteiger partial charge in [-0.3, -0.25) is 0 Å². The fraction of sp³-hybridized carbons (Fsp3) is 0.250. The van der Waals surface area contributed by atoms with Crippen molar-refractivity contribution < 1.29 is 9.05 Å². The fourth-order valence-electron chi connectivity index (χ4n) is 0.788. The van der Waals surface area contributed by atoms with E-state index in [1.54, 1.807) is 12.1 Å². The van der Waals surface area contributed by atoms with Gasteiger partial charge in [0.15, 0.2) is 0 Å². The molecule has 1 aromatic rings. The number of rotatable bonds is 4. The van der Waals surface area contributed by atoms with E-state index in [4.69, 9.17) is 32.1 Å². The zero-order valence-electron chi connectivity index (χ0n) is 7.14. The quantitative estimate of drug-likeness (QED) is 0.745. The summed E-state index contributed by atoms with van der Waals surface area (Å²) in [4.78, 5) is 0. The molecule has 2 nitrogen and oxygen atoms in total. The van der Waals surface area contributed by atoms with Crippen LogP contribution in [0.5, 0.6) is 5.75 Å². The van der Waals surface area contributed by atoms with Gasteiger partial charge in [0.05, 0.1) is 6.61 Å². The number of para-hydroxylation sites is 1. The molecule has 13 heavy (non-hydrogen) atoms. The highest BCUT2D eigenvalue weighted by molar-refractivity contribution is 8.22. The Bertz CT molecular complexity index is 304. The third-order valence-corrected chi connectivity index (χ3v) is 3.28. The highest BCUT2D eigenvalue weighted by Crippen LogP contribution is 2.53. The topological polar surface area (TPSA) is 18.5 Å². The van der Waals surface area contributed by atoms with Crippen molar-refractivity contribution in [2.75, 3.05) is 6.61 Å². The van der Waals surface area contributed by atoms with Gasteiger partial charge in [0.25, 0.3) is 0 Å². The monoisotopic (exact) mass is 236 g/mol. The minimum atomic E-state index is -2.61. The van der Waals surface area contributed by atoms with E-state index in [1.165, 1.54) is 0 Å². The zero-order chi connectivity index (χ0) is 9.73. The molecular formula is C8H10ClO2PS. The van der Waals surface area contributed by atoms with Crippen LogP contribution in [0.15, 0.2) is 30.3 Å². The predicted octanol–water partition coefficient (Wildman–Crippen LogP) is 3.57. The molecule has 1 aromatic carbocycles. The van der Waals surface area contributed by atoms with Crippen molar-refractivity contribution in [2.24, 2.45) is 0 Å². The van der Waals surface area contributed by atoms with E-state index >= 15 is 0 Å². The summed E-state index contributed by atoms with van der Waals surface area (Å²) in [6, 6.07) is 9.19. The van der Waals surface area contributed by atoms with Gasteiger partial charge in [0, 0.05) is 0 Å². The summed E-state index contributed by atoms with van der Waals surface area (Å²) >= 11 is 10.8. The Morgan fingerprint density at radius 3 is 2.54 bits per heavy atom. The van der Waals surface area contributed by atoms with Crippen LogP contribution in [0.1, 0.15) is 6.92 Å². The van der Waals surface area contributed by atoms with Crippen LogP contribution in [-0.2, 0) is 16.3 Å². The summed E-state index contributed by atoms with van der Waals surface area (Å²) in [6.07, 6.45) is 0. The molecule has 1 atom stereocenters. The van der Waals surface area contributed by atoms with Crippen LogP contribution < -0.4 is 4.52 Å². The van der Waals surface area contributed by atoms with E-state index in [0.717, 1.165) is 0 Å². The molecule has 0 amide bonds. The first-order valence-electron chi connectivity index (χ1n) is 3.83. The van der Waals surface area contributed by atoms with Crippen LogP contribution in [0.3, 0.4) is 0 Å². The molecule has 0 fully saturated rings. The summed E-state index contributed by atoms with van der Waals surface area (Å²) in [7, 11) is 0. The molecule has 0 aliphatic carbocycles. The molecule has 0 bridgehead atoms. The fourth-order valence-corrected chi connectivity index (χ4v) is 2.63. The van der Waals surface area contributed by atoms with Gasteiger partial charge in [-0.25, -0.2) is 0 Å². The molecular weight excluding hydrogens is 227 g/mol. The van der Waals surface area contributed by atoms with Crippen LogP contribution in [0, 0.1) is 0 Å². The van der Waals surface area contributed by atoms with Crippen LogP contribution in [-0.4, -0.2) is 6.61 Å². The van der Waals surface area contributed by atoms with Gasteiger partial charge in [-0.05, 0) is 42.1 Å². The minimum Gasteiger partial charge on any atom is -0.433 e. The molecule has 0 saturated carbocycles. The van der Waals surface area contributed by atoms with Gasteiger partial charge in [0.2, 0.25) is 0 Å². The molecule has 0 heterocycles. The summed E-state index contributed by atoms with van der Waals surface area (Å²) in [5.41, 5.74) is 0. The molecule has 0 aliphatic rings. The van der Waals surface area contributed by atoms with Gasteiger partial charge in [0.1, 0.15) is 5.75 Å². The maximum Gasteiger partial charge on any atom is 0.332 e. The van der Waals surface area contributed by atoms with Gasteiger partial charge >= 0.3 is 5.84 Å². The summed E-state index contributed by atoms with van der Waals surface area (Å²) in [5, 5.41) is 0. The van der Waals surface area contributed by atoms with Crippen molar-refractivity contribution in [3.63, 3.8) is 0 Å². The maximum atomic E-state index is 5.85. The van der Waals surface area contributed by atoms with E-state index in [1.807, 2.05) is 25.1 Å². The van der Waals surface area contributed by atoms with E-state index in [0.29, 0.717) is 12.4 Å². The Morgan fingerprint density at radius 1 is 1.38 bits per heavy atom. The Labute approximate surface area is 87.8 Å². The minimum absolute atomic E-state index is 0.466. The van der Waals surface area contributed by atoms with Crippen LogP contribution in [0.2, 0.25) is 0 Å². The molecule has 1 rings (SSSR count). The van der Waals surface area contributed by atoms with Gasteiger partial charge < -0.3 is 9.05 Å². The number of benzene rings is 1. The summed E-state index contributed by atoms with van der Waals surface area (Å²) < 4.78 is 10.4. The SMILES string of the molecule is CCO[P@@](=S)(Cl)Oc1ccccc1. The molecule has 0 N–H and O–H groups in total. The van der Waals surface area contributed by atoms with E-state index in [9.17, 15) is 0 Å². The Morgan fingerprint density at radius 2 is 2.00 bits per heavy atom. The molecule has 0 radical (unpaired) electrons. The van der Waals surface area contributed by atoms with Crippen molar-refractivity contribution >= 4 is 28.9 Å². The third-order valence-electron chi connectivity index (χ3n) is 1.24. The third kappa shape index (κ3) is 4.10. The van der Waals surface area contributed by atoms with Crippen molar-refractivity contribution in [1.82, 2.24) is 0 Å². The second-order valence-electron chi connectivity index (χ2n) is 2.25. The lowest BCUT2D eigenvalue weighted by Gasteiger charge is -2.14. The molecule has 0 saturated heterocycles. The van der Waals surface area contributed by atoms with Gasteiger partial charge in [-0.15, -0.1) is 0 Å². The van der Waals surface area contributed by atoms with Crippen LogP contribution in [0.4, 0.5) is 0 Å². The van der Waals surface area contributed by atoms with Gasteiger partial charge in [-0.1, -0.05) is 18.2 Å². The first kappa shape index (κ1) is 11.0. The maximum absolute atomic E-state index is 5.85. The Hall–Kier alpha value is -0.0800. The molecule has 0 unspecified atom stereocenters. The second kappa shape index (κ2) is 4.97. The first-order valence-corrected chi connectivity index (χ1v) is 7.37. The van der Waals surface area contributed by atoms with Crippen LogP contribution >= 0.6 is 17.1 Å². The summed E-state index contributed by atoms with van der Waals surface area (Å²) in [5.74, 6) is -1.96. The van der Waals surface area contributed by atoms with Crippen molar-refractivity contribution in [2.45, 2.75) is 6.92 Å². The average molecular weight is 237 g/mol. The molecule has 0 spiro atoms. The zero-order valence-corrected chi connectivity index (χ0v) is 9.61. The van der Waals surface area contributed by atoms with Crippen molar-refractivity contribution in [3.05, 3.63) is 30.3 Å². The normalized spacial score (nSPS) is 14.9. The molecule has 0 aliphatic heterocycles. The van der Waals surface area contributed by atoms with E-state index < -0.39 is 5.84 Å². The van der Waals surface area contributed by atoms with Crippen molar-refractivity contribution in [3.8, 4) is 5.75 Å². The highest BCUT2D eigenvalue weighted by atomic mass is 35.7. The number of halogens is 1. The predicted molar refractivity (Wildman–Crippen MR) is 58.8 cm³/mol. The Kier molecular flexibility index (Phi) is 4.20. The average Bonchev–Trinajstić information content (AvgIpc) is 2.04. The lowest BCUT2D eigenvalue weighted by molar-refractivity contribution is 0.343. The van der Waals surface area contributed by atoms with Gasteiger partial charge in [-0.2, -0.15) is 0 Å². The molecule has 0 aromatic heterocycles. The lowest BCUT2D eigenvalue weighted by Crippen LogP contribution is -1.91. The molecule has 5 heteroatoms. The largest absolute Gasteiger partial charge is 0.433 e. The van der Waals surface area contributed by atoms with E-state index in [2.05, 4.69) is 0 Å². The summed E-state index contributed by atoms with van der Waals surface area (Å²) in [6.45, 7) is 2.30. The van der Waals surface area contributed by atoms with E-state index in [-0.39, 0.29) is 0 Å². The number of hydrogen-bond donors (Lipinski definition) is 0. The lowest BCUT2D eigenvalue weighted by atomic mass is 10.3. The first-order chi connectivity index (χ1) is 6.14. The smallest absolute Gasteiger partial charge is 0.332 e. The second-order valence-corrected chi connectivity index (χ2v) is 6.93.